The Kier molecular flexibility index (Phi) is 1.63. The minimum atomic E-state index is -0.567. The molecule has 0 unspecified atom stereocenters. The van der Waals surface area contributed by atoms with Crippen molar-refractivity contribution in [3.05, 3.63) is 46.8 Å². The third-order valence-electron chi connectivity index (χ3n) is 1.78. The highest BCUT2D eigenvalue weighted by Gasteiger charge is 2.04. The monoisotopic (exact) mass is 177 g/mol. The summed E-state index contributed by atoms with van der Waals surface area (Å²) in [6.45, 7) is 0. The highest BCUT2D eigenvalue weighted by molar-refractivity contribution is 5.71. The molecule has 2 aromatic rings. The lowest BCUT2D eigenvalue weighted by Gasteiger charge is -1.95. The Morgan fingerprint density at radius 1 is 1.31 bits per heavy atom. The van der Waals surface area contributed by atoms with Gasteiger partial charge in [0.25, 0.3) is 0 Å². The molecular formula is C8H7N3O2. The fourth-order valence-corrected chi connectivity index (χ4v) is 1.25. The van der Waals surface area contributed by atoms with E-state index >= 15 is 0 Å². The Morgan fingerprint density at radius 3 is 2.92 bits per heavy atom. The number of hydrazine groups is 1. The molecule has 0 aliphatic heterocycles. The second kappa shape index (κ2) is 2.78. The summed E-state index contributed by atoms with van der Waals surface area (Å²) in [6.07, 6.45) is 3.60. The maximum absolute atomic E-state index is 10.2. The maximum Gasteiger partial charge on any atom is 0.162 e. The molecule has 0 aromatic carbocycles. The van der Waals surface area contributed by atoms with Crippen molar-refractivity contribution in [3.63, 3.8) is 0 Å². The lowest BCUT2D eigenvalue weighted by molar-refractivity contribution is -0.445. The van der Waals surface area contributed by atoms with E-state index in [1.54, 1.807) is 12.3 Å². The molecule has 5 nitrogen and oxygen atoms in total. The van der Waals surface area contributed by atoms with Crippen LogP contribution in [0.5, 0.6) is 0 Å². The van der Waals surface area contributed by atoms with Crippen LogP contribution in [0, 0.1) is 10.1 Å². The molecular weight excluding hydrogens is 170 g/mol. The van der Waals surface area contributed by atoms with Gasteiger partial charge in [-0.25, -0.2) is 10.1 Å². The zero-order valence-corrected chi connectivity index (χ0v) is 6.68. The number of hydrogen-bond acceptors (Lipinski definition) is 2. The van der Waals surface area contributed by atoms with E-state index in [0.717, 1.165) is 5.52 Å². The predicted octanol–water partition coefficient (Wildman–Crippen LogP) is 1.54. The summed E-state index contributed by atoms with van der Waals surface area (Å²) < 4.78 is 1.81. The van der Waals surface area contributed by atoms with Crippen LogP contribution < -0.4 is 5.43 Å². The number of nitrogens with zero attached hydrogens (tertiary/aromatic N) is 2. The van der Waals surface area contributed by atoms with Gasteiger partial charge < -0.3 is 4.40 Å². The number of aromatic nitrogens is 1. The summed E-state index contributed by atoms with van der Waals surface area (Å²) in [5.41, 5.74) is 3.43. The molecule has 0 bridgehead atoms. The van der Waals surface area contributed by atoms with E-state index in [9.17, 15) is 10.1 Å². The van der Waals surface area contributed by atoms with Crippen molar-refractivity contribution in [3.8, 4) is 0 Å². The van der Waals surface area contributed by atoms with Gasteiger partial charge in [0.2, 0.25) is 0 Å². The molecule has 1 N–H and O–H groups in total. The van der Waals surface area contributed by atoms with Gasteiger partial charge in [0.15, 0.2) is 5.03 Å². The van der Waals surface area contributed by atoms with E-state index in [-0.39, 0.29) is 0 Å². The van der Waals surface area contributed by atoms with Gasteiger partial charge in [0.05, 0.1) is 5.52 Å². The van der Waals surface area contributed by atoms with Crippen LogP contribution in [0.1, 0.15) is 0 Å². The molecule has 2 aromatic heterocycles. The first-order chi connectivity index (χ1) is 6.27. The Bertz CT molecular complexity index is 449. The van der Waals surface area contributed by atoms with E-state index in [1.807, 2.05) is 28.8 Å². The molecule has 0 atom stereocenters. The second-order valence-electron chi connectivity index (χ2n) is 2.59. The molecule has 66 valence electrons. The standard InChI is InChI=1S/C8H7N3O2/c12-11(13)9-7-4-6-10-5-2-1-3-8(7)10/h1-6,9H. The molecule has 0 amide bonds. The summed E-state index contributed by atoms with van der Waals surface area (Å²) in [6, 6.07) is 7.17. The molecule has 5 heteroatoms. The van der Waals surface area contributed by atoms with Crippen molar-refractivity contribution in [2.24, 2.45) is 0 Å². The molecule has 2 rings (SSSR count). The molecule has 0 spiro atoms. The number of nitro groups is 1. The number of pyridine rings is 1. The summed E-state index contributed by atoms with van der Waals surface area (Å²) in [5, 5.41) is 9.63. The quantitative estimate of drug-likeness (QED) is 0.559. The summed E-state index contributed by atoms with van der Waals surface area (Å²) >= 11 is 0. The highest BCUT2D eigenvalue weighted by atomic mass is 16.7. The molecule has 0 aliphatic carbocycles. The Hall–Kier alpha value is -2.04. The van der Waals surface area contributed by atoms with E-state index in [0.29, 0.717) is 5.69 Å². The normalized spacial score (nSPS) is 10.2. The van der Waals surface area contributed by atoms with Crippen LogP contribution in [0.3, 0.4) is 0 Å². The average molecular weight is 177 g/mol. The van der Waals surface area contributed by atoms with Gasteiger partial charge in [-0.3, -0.25) is 0 Å². The minimum Gasteiger partial charge on any atom is -0.322 e. The van der Waals surface area contributed by atoms with Crippen molar-refractivity contribution >= 4 is 11.2 Å². The Morgan fingerprint density at radius 2 is 2.15 bits per heavy atom. The lowest BCUT2D eigenvalue weighted by Crippen LogP contribution is -2.07. The van der Waals surface area contributed by atoms with Crippen molar-refractivity contribution in [1.82, 2.24) is 4.40 Å². The number of nitrogens with one attached hydrogen (secondary N) is 1. The van der Waals surface area contributed by atoms with Crippen LogP contribution in [0.2, 0.25) is 0 Å². The highest BCUT2D eigenvalue weighted by Crippen LogP contribution is 2.17. The number of fused-ring (bicyclic) bond motifs is 1. The number of rotatable bonds is 2. The van der Waals surface area contributed by atoms with Gasteiger partial charge in [0, 0.05) is 12.4 Å². The molecule has 0 radical (unpaired) electrons. The third kappa shape index (κ3) is 1.31. The molecule has 0 saturated carbocycles. The number of hydrogen-bond donors (Lipinski definition) is 1. The first-order valence-corrected chi connectivity index (χ1v) is 3.74. The largest absolute Gasteiger partial charge is 0.322 e. The fraction of sp³-hybridized carbons (Fsp3) is 0. The van der Waals surface area contributed by atoms with Crippen LogP contribution in [-0.2, 0) is 0 Å². The van der Waals surface area contributed by atoms with Crippen LogP contribution in [-0.4, -0.2) is 9.43 Å². The Labute approximate surface area is 73.7 Å². The van der Waals surface area contributed by atoms with Crippen LogP contribution in [0.25, 0.3) is 5.52 Å². The number of anilines is 1. The van der Waals surface area contributed by atoms with Crippen molar-refractivity contribution in [2.75, 3.05) is 5.43 Å². The molecule has 0 fully saturated rings. The predicted molar refractivity (Wildman–Crippen MR) is 48.0 cm³/mol. The molecule has 2 heterocycles. The molecule has 0 saturated heterocycles. The zero-order chi connectivity index (χ0) is 9.26. The third-order valence-corrected chi connectivity index (χ3v) is 1.78. The van der Waals surface area contributed by atoms with E-state index < -0.39 is 5.03 Å². The van der Waals surface area contributed by atoms with Crippen molar-refractivity contribution in [1.29, 1.82) is 0 Å². The average Bonchev–Trinajstić information content (AvgIpc) is 2.48. The first-order valence-electron chi connectivity index (χ1n) is 3.74. The van der Waals surface area contributed by atoms with Gasteiger partial charge in [0.1, 0.15) is 5.69 Å². The van der Waals surface area contributed by atoms with Gasteiger partial charge in [-0.05, 0) is 18.2 Å². The van der Waals surface area contributed by atoms with E-state index in [1.165, 1.54) is 0 Å². The van der Waals surface area contributed by atoms with E-state index in [2.05, 4.69) is 5.43 Å². The van der Waals surface area contributed by atoms with Crippen LogP contribution in [0.15, 0.2) is 36.7 Å². The zero-order valence-electron chi connectivity index (χ0n) is 6.68. The molecule has 0 aliphatic rings. The van der Waals surface area contributed by atoms with Gasteiger partial charge in [-0.15, -0.1) is 5.43 Å². The van der Waals surface area contributed by atoms with Gasteiger partial charge in [-0.1, -0.05) is 6.07 Å². The first kappa shape index (κ1) is 7.60. The maximum atomic E-state index is 10.2. The minimum absolute atomic E-state index is 0.505. The van der Waals surface area contributed by atoms with Crippen LogP contribution >= 0.6 is 0 Å². The van der Waals surface area contributed by atoms with Crippen molar-refractivity contribution < 1.29 is 5.03 Å². The summed E-state index contributed by atoms with van der Waals surface area (Å²) in [5.74, 6) is 0. The van der Waals surface area contributed by atoms with Gasteiger partial charge in [-0.2, -0.15) is 0 Å². The van der Waals surface area contributed by atoms with Gasteiger partial charge >= 0.3 is 0 Å². The van der Waals surface area contributed by atoms with Crippen molar-refractivity contribution in [2.45, 2.75) is 0 Å². The second-order valence-corrected chi connectivity index (χ2v) is 2.59. The summed E-state index contributed by atoms with van der Waals surface area (Å²) in [7, 11) is 0. The molecule has 13 heavy (non-hydrogen) atoms. The van der Waals surface area contributed by atoms with E-state index in [4.69, 9.17) is 0 Å². The fourth-order valence-electron chi connectivity index (χ4n) is 1.25. The lowest BCUT2D eigenvalue weighted by atomic mass is 10.4. The topological polar surface area (TPSA) is 59.6 Å². The smallest absolute Gasteiger partial charge is 0.162 e. The SMILES string of the molecule is O=[N+]([O-])Nc1ccn2ccccc12. The Balaban J connectivity index is 2.51. The van der Waals surface area contributed by atoms with Crippen LogP contribution in [0.4, 0.5) is 5.69 Å². The summed E-state index contributed by atoms with van der Waals surface area (Å²) in [4.78, 5) is 10.2.